The normalized spacial score (nSPS) is 15.7. The summed E-state index contributed by atoms with van der Waals surface area (Å²) in [5, 5.41) is 12.7. The molecule has 1 amide bonds. The molecule has 1 aliphatic rings. The van der Waals surface area contributed by atoms with Gasteiger partial charge in [0, 0.05) is 18.3 Å². The minimum Gasteiger partial charge on any atom is -0.495 e. The second-order valence-electron chi connectivity index (χ2n) is 7.14. The number of carboxylic acid groups (broad SMARTS) is 1. The number of carboxylic acids is 1. The van der Waals surface area contributed by atoms with Gasteiger partial charge in [-0.2, -0.15) is 0 Å². The summed E-state index contributed by atoms with van der Waals surface area (Å²) in [5.41, 5.74) is 2.35. The Hall–Kier alpha value is -2.97. The van der Waals surface area contributed by atoms with Crippen LogP contribution in [0.15, 0.2) is 30.3 Å². The first-order chi connectivity index (χ1) is 14.9. The van der Waals surface area contributed by atoms with Crippen LogP contribution >= 0.6 is 11.6 Å². The number of rotatable bonds is 8. The van der Waals surface area contributed by atoms with E-state index in [1.165, 1.54) is 14.2 Å². The average molecular weight is 449 g/mol. The highest BCUT2D eigenvalue weighted by molar-refractivity contribution is 6.32. The molecule has 8 nitrogen and oxygen atoms in total. The van der Waals surface area contributed by atoms with Crippen LogP contribution in [0.4, 0.5) is 5.69 Å². The van der Waals surface area contributed by atoms with E-state index in [2.05, 4.69) is 5.32 Å². The first-order valence-electron chi connectivity index (χ1n) is 9.70. The Morgan fingerprint density at radius 1 is 1.10 bits per heavy atom. The Morgan fingerprint density at radius 3 is 2.39 bits per heavy atom. The van der Waals surface area contributed by atoms with Crippen LogP contribution in [-0.4, -0.2) is 56.3 Å². The zero-order valence-electron chi connectivity index (χ0n) is 17.6. The van der Waals surface area contributed by atoms with E-state index in [1.807, 2.05) is 11.0 Å². The van der Waals surface area contributed by atoms with Gasteiger partial charge in [-0.3, -0.25) is 14.5 Å². The zero-order chi connectivity index (χ0) is 22.5. The number of fused-ring (bicyclic) bond motifs is 1. The minimum atomic E-state index is -0.944. The van der Waals surface area contributed by atoms with Crippen molar-refractivity contribution in [2.45, 2.75) is 18.9 Å². The van der Waals surface area contributed by atoms with Crippen LogP contribution in [0.5, 0.6) is 17.2 Å². The fourth-order valence-corrected chi connectivity index (χ4v) is 4.06. The van der Waals surface area contributed by atoms with Crippen LogP contribution in [0.3, 0.4) is 0 Å². The molecule has 166 valence electrons. The van der Waals surface area contributed by atoms with Crippen molar-refractivity contribution in [2.75, 3.05) is 39.7 Å². The highest BCUT2D eigenvalue weighted by Gasteiger charge is 2.32. The molecule has 3 rings (SSSR count). The molecule has 31 heavy (non-hydrogen) atoms. The summed E-state index contributed by atoms with van der Waals surface area (Å²) in [4.78, 5) is 26.1. The first kappa shape index (κ1) is 22.7. The SMILES string of the molecule is COc1ccc(NC(=O)CN2CCc3cc(OC)c(OC)cc3[C@H]2CC(=O)O)cc1Cl. The molecule has 0 saturated heterocycles. The highest BCUT2D eigenvalue weighted by atomic mass is 35.5. The van der Waals surface area contributed by atoms with E-state index >= 15 is 0 Å². The number of carbonyl (C=O) groups excluding carboxylic acids is 1. The van der Waals surface area contributed by atoms with Gasteiger partial charge in [0.15, 0.2) is 11.5 Å². The summed E-state index contributed by atoms with van der Waals surface area (Å²) < 4.78 is 15.9. The zero-order valence-corrected chi connectivity index (χ0v) is 18.4. The van der Waals surface area contributed by atoms with Gasteiger partial charge in [-0.15, -0.1) is 0 Å². The molecular formula is C22H25ClN2O6. The summed E-state index contributed by atoms with van der Waals surface area (Å²) >= 11 is 6.12. The molecule has 0 saturated carbocycles. The van der Waals surface area contributed by atoms with Crippen LogP contribution in [0, 0.1) is 0 Å². The number of nitrogens with one attached hydrogen (secondary N) is 1. The fraction of sp³-hybridized carbons (Fsp3) is 0.364. The van der Waals surface area contributed by atoms with Gasteiger partial charge in [-0.25, -0.2) is 0 Å². The molecule has 0 aliphatic carbocycles. The molecule has 1 aliphatic heterocycles. The largest absolute Gasteiger partial charge is 0.495 e. The third-order valence-corrected chi connectivity index (χ3v) is 5.56. The van der Waals surface area contributed by atoms with Crippen LogP contribution in [-0.2, 0) is 16.0 Å². The Morgan fingerprint density at radius 2 is 1.77 bits per heavy atom. The van der Waals surface area contributed by atoms with Crippen LogP contribution < -0.4 is 19.5 Å². The third kappa shape index (κ3) is 5.21. The lowest BCUT2D eigenvalue weighted by Crippen LogP contribution is -2.41. The molecule has 0 unspecified atom stereocenters. The Kier molecular flexibility index (Phi) is 7.25. The van der Waals surface area contributed by atoms with Gasteiger partial charge in [-0.1, -0.05) is 11.6 Å². The maximum absolute atomic E-state index is 12.7. The first-order valence-corrected chi connectivity index (χ1v) is 10.1. The number of hydrogen-bond donors (Lipinski definition) is 2. The number of benzene rings is 2. The molecule has 0 bridgehead atoms. The molecule has 2 aromatic carbocycles. The third-order valence-electron chi connectivity index (χ3n) is 5.26. The summed E-state index contributed by atoms with van der Waals surface area (Å²) in [7, 11) is 4.61. The van der Waals surface area contributed by atoms with Crippen molar-refractivity contribution in [3.8, 4) is 17.2 Å². The molecule has 0 fully saturated rings. The lowest BCUT2D eigenvalue weighted by Gasteiger charge is -2.36. The van der Waals surface area contributed by atoms with Gasteiger partial charge in [-0.05, 0) is 47.9 Å². The molecular weight excluding hydrogens is 424 g/mol. The van der Waals surface area contributed by atoms with E-state index < -0.39 is 12.0 Å². The molecule has 9 heteroatoms. The van der Waals surface area contributed by atoms with E-state index in [1.54, 1.807) is 31.4 Å². The molecule has 0 spiro atoms. The monoisotopic (exact) mass is 448 g/mol. The molecule has 0 aromatic heterocycles. The maximum atomic E-state index is 12.7. The topological polar surface area (TPSA) is 97.3 Å². The van der Waals surface area contributed by atoms with Gasteiger partial charge in [0.25, 0.3) is 0 Å². The van der Waals surface area contributed by atoms with E-state index in [4.69, 9.17) is 25.8 Å². The fourth-order valence-electron chi connectivity index (χ4n) is 3.80. The summed E-state index contributed by atoms with van der Waals surface area (Å²) in [6.07, 6.45) is 0.525. The maximum Gasteiger partial charge on any atom is 0.305 e. The number of hydrogen-bond acceptors (Lipinski definition) is 6. The van der Waals surface area contributed by atoms with Crippen LogP contribution in [0.2, 0.25) is 5.02 Å². The number of anilines is 1. The number of carbonyl (C=O) groups is 2. The number of aliphatic carboxylic acids is 1. The van der Waals surface area contributed by atoms with Gasteiger partial charge in [0.2, 0.25) is 5.91 Å². The Bertz CT molecular complexity index is 981. The van der Waals surface area contributed by atoms with E-state index in [0.717, 1.165) is 11.1 Å². The number of halogens is 1. The predicted molar refractivity (Wildman–Crippen MR) is 116 cm³/mol. The van der Waals surface area contributed by atoms with Crippen molar-refractivity contribution in [2.24, 2.45) is 0 Å². The van der Waals surface area contributed by atoms with Gasteiger partial charge < -0.3 is 24.6 Å². The van der Waals surface area contributed by atoms with E-state index in [9.17, 15) is 14.7 Å². The van der Waals surface area contributed by atoms with Gasteiger partial charge in [0.1, 0.15) is 5.75 Å². The number of methoxy groups -OCH3 is 3. The number of amides is 1. The number of nitrogens with zero attached hydrogens (tertiary/aromatic N) is 1. The Balaban J connectivity index is 1.81. The Labute approximate surface area is 185 Å². The molecule has 1 heterocycles. The average Bonchev–Trinajstić information content (AvgIpc) is 2.74. The van der Waals surface area contributed by atoms with E-state index in [0.29, 0.717) is 40.9 Å². The molecule has 1 atom stereocenters. The quantitative estimate of drug-likeness (QED) is 0.638. The summed E-state index contributed by atoms with van der Waals surface area (Å²) in [6.45, 7) is 0.576. The molecule has 0 radical (unpaired) electrons. The van der Waals surface area contributed by atoms with Gasteiger partial charge >= 0.3 is 5.97 Å². The minimum absolute atomic E-state index is 0.0371. The van der Waals surface area contributed by atoms with Crippen LogP contribution in [0.1, 0.15) is 23.6 Å². The lowest BCUT2D eigenvalue weighted by atomic mass is 9.90. The summed E-state index contributed by atoms with van der Waals surface area (Å²) in [5.74, 6) is 0.424. The predicted octanol–water partition coefficient (Wildman–Crippen LogP) is 3.38. The van der Waals surface area contributed by atoms with Crippen molar-refractivity contribution in [1.82, 2.24) is 4.90 Å². The van der Waals surface area contributed by atoms with Crippen LogP contribution in [0.25, 0.3) is 0 Å². The molecule has 2 aromatic rings. The number of ether oxygens (including phenoxy) is 3. The standard InChI is InChI=1S/C22H25ClN2O6/c1-29-18-5-4-14(9-16(18)23)24-21(26)12-25-7-6-13-8-19(30-2)20(31-3)10-15(13)17(25)11-22(27)28/h4-5,8-10,17H,6-7,11-12H2,1-3H3,(H,24,26)(H,27,28)/t17-/m1/s1. The molecule has 2 N–H and O–H groups in total. The smallest absolute Gasteiger partial charge is 0.305 e. The van der Waals surface area contributed by atoms with Crippen molar-refractivity contribution in [1.29, 1.82) is 0 Å². The van der Waals surface area contributed by atoms with Gasteiger partial charge in [0.05, 0.1) is 39.3 Å². The van der Waals surface area contributed by atoms with Crippen molar-refractivity contribution >= 4 is 29.2 Å². The van der Waals surface area contributed by atoms with Crippen molar-refractivity contribution in [3.63, 3.8) is 0 Å². The highest BCUT2D eigenvalue weighted by Crippen LogP contribution is 2.39. The summed E-state index contributed by atoms with van der Waals surface area (Å²) in [6, 6.07) is 8.18. The van der Waals surface area contributed by atoms with Crippen molar-refractivity contribution in [3.05, 3.63) is 46.5 Å². The lowest BCUT2D eigenvalue weighted by molar-refractivity contribution is -0.139. The second-order valence-corrected chi connectivity index (χ2v) is 7.54. The van der Waals surface area contributed by atoms with Crippen molar-refractivity contribution < 1.29 is 28.9 Å². The van der Waals surface area contributed by atoms with E-state index in [-0.39, 0.29) is 18.9 Å². The second kappa shape index (κ2) is 9.89.